The van der Waals surface area contributed by atoms with Crippen LogP contribution in [0.5, 0.6) is 0 Å². The summed E-state index contributed by atoms with van der Waals surface area (Å²) in [5.74, 6) is 2.14. The molecule has 0 aromatic carbocycles. The number of hydrogen-bond acceptors (Lipinski definition) is 4. The van der Waals surface area contributed by atoms with Gasteiger partial charge in [-0.2, -0.15) is 11.8 Å². The first kappa shape index (κ1) is 16.2. The number of rotatable bonds is 7. The summed E-state index contributed by atoms with van der Waals surface area (Å²) in [5, 5.41) is 4.04. The fraction of sp³-hybridized carbons (Fsp3) is 0.938. The first-order valence-corrected chi connectivity index (χ1v) is 9.15. The van der Waals surface area contributed by atoms with Crippen molar-refractivity contribution < 1.29 is 9.53 Å². The van der Waals surface area contributed by atoms with Crippen LogP contribution in [0.15, 0.2) is 0 Å². The number of carbonyl (C=O) groups is 1. The number of likely N-dealkylation sites (N-methyl/N-ethyl adjacent to an activating group) is 1. The Balaban J connectivity index is 1.95. The highest BCUT2D eigenvalue weighted by Gasteiger charge is 2.51. The summed E-state index contributed by atoms with van der Waals surface area (Å²) >= 11 is 1.99. The average molecular weight is 299 g/mol. The second kappa shape index (κ2) is 7.17. The van der Waals surface area contributed by atoms with E-state index in [-0.39, 0.29) is 5.97 Å². The van der Waals surface area contributed by atoms with Gasteiger partial charge in [0.05, 0.1) is 6.61 Å². The fourth-order valence-corrected chi connectivity index (χ4v) is 5.13. The molecule has 3 nitrogen and oxygen atoms in total. The number of nitrogens with one attached hydrogen (secondary N) is 1. The van der Waals surface area contributed by atoms with Crippen molar-refractivity contribution in [3.05, 3.63) is 0 Å². The molecule has 2 rings (SSSR count). The molecule has 3 atom stereocenters. The van der Waals surface area contributed by atoms with Gasteiger partial charge in [0.15, 0.2) is 0 Å². The van der Waals surface area contributed by atoms with Crippen LogP contribution in [-0.4, -0.2) is 36.2 Å². The van der Waals surface area contributed by atoms with Crippen LogP contribution in [0.2, 0.25) is 0 Å². The maximum Gasteiger partial charge on any atom is 0.327 e. The summed E-state index contributed by atoms with van der Waals surface area (Å²) in [6.45, 7) is 4.71. The third-order valence-corrected chi connectivity index (χ3v) is 6.32. The third kappa shape index (κ3) is 3.70. The van der Waals surface area contributed by atoms with Crippen molar-refractivity contribution in [3.8, 4) is 0 Å². The second-order valence-electron chi connectivity index (χ2n) is 6.42. The van der Waals surface area contributed by atoms with Crippen LogP contribution < -0.4 is 5.32 Å². The zero-order valence-corrected chi connectivity index (χ0v) is 13.9. The molecule has 2 saturated carbocycles. The molecule has 4 heteroatoms. The van der Waals surface area contributed by atoms with Crippen molar-refractivity contribution in [1.82, 2.24) is 5.32 Å². The Hall–Kier alpha value is -0.220. The van der Waals surface area contributed by atoms with E-state index in [1.807, 2.05) is 25.7 Å². The van der Waals surface area contributed by atoms with Gasteiger partial charge in [-0.25, -0.2) is 0 Å². The Bertz CT molecular complexity index is 332. The summed E-state index contributed by atoms with van der Waals surface area (Å²) in [5.41, 5.74) is -0.443. The summed E-state index contributed by atoms with van der Waals surface area (Å²) < 4.78 is 5.35. The van der Waals surface area contributed by atoms with Crippen molar-refractivity contribution in [2.24, 2.45) is 11.8 Å². The largest absolute Gasteiger partial charge is 0.465 e. The summed E-state index contributed by atoms with van der Waals surface area (Å²) in [6.07, 6.45) is 7.63. The van der Waals surface area contributed by atoms with Crippen LogP contribution in [0.25, 0.3) is 0 Å². The van der Waals surface area contributed by atoms with Gasteiger partial charge in [-0.3, -0.25) is 4.79 Å². The molecule has 3 unspecified atom stereocenters. The fourth-order valence-electron chi connectivity index (χ4n) is 3.34. The van der Waals surface area contributed by atoms with E-state index < -0.39 is 5.54 Å². The van der Waals surface area contributed by atoms with Gasteiger partial charge in [0.2, 0.25) is 0 Å². The van der Waals surface area contributed by atoms with E-state index in [1.54, 1.807) is 0 Å². The Morgan fingerprint density at radius 3 is 2.65 bits per heavy atom. The van der Waals surface area contributed by atoms with Crippen LogP contribution in [0.4, 0.5) is 0 Å². The molecule has 2 aliphatic carbocycles. The second-order valence-corrected chi connectivity index (χ2v) is 7.71. The SMILES string of the molecule is CCOC(=O)C(CSC1CCCC(C)C1)(NC)C1CC1. The standard InChI is InChI=1S/C16H29NO2S/c1-4-19-15(18)16(17-3,13-8-9-13)11-20-14-7-5-6-12(2)10-14/h12-14,17H,4-11H2,1-3H3. The topological polar surface area (TPSA) is 38.3 Å². The minimum atomic E-state index is -0.443. The van der Waals surface area contributed by atoms with Crippen LogP contribution >= 0.6 is 11.8 Å². The van der Waals surface area contributed by atoms with E-state index in [4.69, 9.17) is 4.74 Å². The smallest absolute Gasteiger partial charge is 0.327 e. The highest BCUT2D eigenvalue weighted by molar-refractivity contribution is 8.00. The maximum absolute atomic E-state index is 12.4. The zero-order chi connectivity index (χ0) is 14.6. The number of carbonyl (C=O) groups excluding carboxylic acids is 1. The van der Waals surface area contributed by atoms with E-state index >= 15 is 0 Å². The third-order valence-electron chi connectivity index (χ3n) is 4.80. The van der Waals surface area contributed by atoms with Gasteiger partial charge in [0, 0.05) is 11.0 Å². The zero-order valence-electron chi connectivity index (χ0n) is 13.1. The lowest BCUT2D eigenvalue weighted by Crippen LogP contribution is -2.55. The maximum atomic E-state index is 12.4. The minimum absolute atomic E-state index is 0.0404. The predicted octanol–water partition coefficient (Wildman–Crippen LogP) is 3.23. The molecule has 0 amide bonds. The molecule has 0 saturated heterocycles. The van der Waals surface area contributed by atoms with Crippen molar-refractivity contribution >= 4 is 17.7 Å². The van der Waals surface area contributed by atoms with E-state index in [1.165, 1.54) is 25.7 Å². The Labute approximate surface area is 127 Å². The first-order valence-electron chi connectivity index (χ1n) is 8.10. The molecule has 20 heavy (non-hydrogen) atoms. The van der Waals surface area contributed by atoms with Gasteiger partial charge in [0.25, 0.3) is 0 Å². The van der Waals surface area contributed by atoms with Gasteiger partial charge >= 0.3 is 5.97 Å². The summed E-state index contributed by atoms with van der Waals surface area (Å²) in [7, 11) is 1.92. The lowest BCUT2D eigenvalue weighted by atomic mass is 9.90. The van der Waals surface area contributed by atoms with Crippen molar-refractivity contribution in [2.75, 3.05) is 19.4 Å². The highest BCUT2D eigenvalue weighted by Crippen LogP contribution is 2.44. The molecular formula is C16H29NO2S. The lowest BCUT2D eigenvalue weighted by molar-refractivity contribution is -0.151. The molecule has 116 valence electrons. The van der Waals surface area contributed by atoms with Gasteiger partial charge in [-0.15, -0.1) is 0 Å². The van der Waals surface area contributed by atoms with Gasteiger partial charge in [-0.05, 0) is 51.5 Å². The van der Waals surface area contributed by atoms with Gasteiger partial charge < -0.3 is 10.1 Å². The van der Waals surface area contributed by atoms with Crippen LogP contribution in [-0.2, 0) is 9.53 Å². The molecule has 0 aromatic rings. The molecular weight excluding hydrogens is 270 g/mol. The summed E-state index contributed by atoms with van der Waals surface area (Å²) in [6, 6.07) is 0. The molecule has 0 bridgehead atoms. The van der Waals surface area contributed by atoms with Crippen LogP contribution in [0.3, 0.4) is 0 Å². The quantitative estimate of drug-likeness (QED) is 0.733. The lowest BCUT2D eigenvalue weighted by Gasteiger charge is -2.34. The minimum Gasteiger partial charge on any atom is -0.465 e. The highest BCUT2D eigenvalue weighted by atomic mass is 32.2. The molecule has 0 heterocycles. The molecule has 2 aliphatic rings. The number of esters is 1. The Morgan fingerprint density at radius 1 is 1.35 bits per heavy atom. The number of hydrogen-bond donors (Lipinski definition) is 1. The molecule has 0 radical (unpaired) electrons. The van der Waals surface area contributed by atoms with E-state index in [0.717, 1.165) is 29.8 Å². The average Bonchev–Trinajstić information content (AvgIpc) is 3.25. The first-order chi connectivity index (χ1) is 9.62. The Kier molecular flexibility index (Phi) is 5.79. The molecule has 2 fully saturated rings. The van der Waals surface area contributed by atoms with Crippen LogP contribution in [0, 0.1) is 11.8 Å². The molecule has 0 spiro atoms. The van der Waals surface area contributed by atoms with Crippen molar-refractivity contribution in [2.45, 2.75) is 63.2 Å². The number of thioether (sulfide) groups is 1. The van der Waals surface area contributed by atoms with Crippen molar-refractivity contribution in [3.63, 3.8) is 0 Å². The van der Waals surface area contributed by atoms with Crippen LogP contribution in [0.1, 0.15) is 52.4 Å². The normalized spacial score (nSPS) is 29.8. The van der Waals surface area contributed by atoms with E-state index in [9.17, 15) is 4.79 Å². The predicted molar refractivity (Wildman–Crippen MR) is 85.0 cm³/mol. The Morgan fingerprint density at radius 2 is 2.10 bits per heavy atom. The summed E-state index contributed by atoms with van der Waals surface area (Å²) in [4.78, 5) is 12.4. The van der Waals surface area contributed by atoms with Crippen molar-refractivity contribution in [1.29, 1.82) is 0 Å². The van der Waals surface area contributed by atoms with Gasteiger partial charge in [0.1, 0.15) is 5.54 Å². The monoisotopic (exact) mass is 299 g/mol. The number of ether oxygens (including phenoxy) is 1. The van der Waals surface area contributed by atoms with E-state index in [0.29, 0.717) is 12.5 Å². The molecule has 0 aromatic heterocycles. The molecule has 0 aliphatic heterocycles. The molecule has 1 N–H and O–H groups in total. The van der Waals surface area contributed by atoms with E-state index in [2.05, 4.69) is 12.2 Å². The van der Waals surface area contributed by atoms with Gasteiger partial charge in [-0.1, -0.05) is 19.8 Å².